The molecule has 3 heteroatoms. The Morgan fingerprint density at radius 2 is 1.41 bits per heavy atom. The molecule has 7 aromatic rings. The van der Waals surface area contributed by atoms with Gasteiger partial charge in [0.05, 0.1) is 23.3 Å². The molecule has 3 nitrogen and oxygen atoms in total. The predicted molar refractivity (Wildman–Crippen MR) is 172 cm³/mol. The maximum absolute atomic E-state index is 7.89. The molecular weight excluding hydrogens is 498 g/mol. The Balaban J connectivity index is 1.52. The van der Waals surface area contributed by atoms with Crippen molar-refractivity contribution in [3.8, 4) is 16.9 Å². The zero-order valence-corrected chi connectivity index (χ0v) is 24.2. The minimum absolute atomic E-state index is 0.0157. The number of aryl methyl sites for hydroxylation is 2. The molecule has 0 aliphatic heterocycles. The molecule has 2 aromatic heterocycles. The first kappa shape index (κ1) is 25.1. The second-order valence-corrected chi connectivity index (χ2v) is 12.1. The summed E-state index contributed by atoms with van der Waals surface area (Å²) >= 11 is 0. The van der Waals surface area contributed by atoms with Crippen LogP contribution in [0.4, 0.5) is 5.69 Å². The summed E-state index contributed by atoms with van der Waals surface area (Å²) in [6.45, 7) is 17.0. The lowest BCUT2D eigenvalue weighted by molar-refractivity contribution is -0.633. The average molecular weight is 531 g/mol. The van der Waals surface area contributed by atoms with Crippen molar-refractivity contribution in [3.63, 3.8) is 0 Å². The summed E-state index contributed by atoms with van der Waals surface area (Å²) in [4.78, 5) is 3.90. The molecule has 0 aliphatic rings. The molecule has 0 unspecified atom stereocenters. The van der Waals surface area contributed by atoms with Crippen LogP contribution in [0.5, 0.6) is 0 Å². The SMILES string of the molecule is [C-]#[N+]c1cccc2c3ccccc3n(-c3ccc4ccc(-c5cc(C(C)(C)C)c6ccccc6c5C)[n+](C)c4c3)c12. The second-order valence-electron chi connectivity index (χ2n) is 12.1. The summed E-state index contributed by atoms with van der Waals surface area (Å²) in [5, 5.41) is 6.08. The summed E-state index contributed by atoms with van der Waals surface area (Å²) < 4.78 is 4.58. The van der Waals surface area contributed by atoms with Gasteiger partial charge in [-0.05, 0) is 70.0 Å². The standard InChI is InChI=1S/C38H32N3/c1-24-27-12-7-8-13-28(27)32(38(2,3)4)23-31(24)34-21-19-25-18-20-26(22-36(25)40(34)6)41-35-17-10-9-14-29(35)30-15-11-16-33(39-5)37(30)41/h7-23H,1-4,6H3/q+1. The van der Waals surface area contributed by atoms with Crippen molar-refractivity contribution in [2.45, 2.75) is 33.1 Å². The van der Waals surface area contributed by atoms with Gasteiger partial charge >= 0.3 is 0 Å². The van der Waals surface area contributed by atoms with Crippen LogP contribution in [0, 0.1) is 13.5 Å². The molecule has 0 saturated carbocycles. The smallest absolute Gasteiger partial charge is 0.214 e. The van der Waals surface area contributed by atoms with E-state index in [0.29, 0.717) is 5.69 Å². The van der Waals surface area contributed by atoms with E-state index in [4.69, 9.17) is 6.57 Å². The molecule has 41 heavy (non-hydrogen) atoms. The van der Waals surface area contributed by atoms with E-state index in [9.17, 15) is 0 Å². The number of hydrogen-bond donors (Lipinski definition) is 0. The number of hydrogen-bond acceptors (Lipinski definition) is 0. The quantitative estimate of drug-likeness (QED) is 0.156. The van der Waals surface area contributed by atoms with Crippen LogP contribution >= 0.6 is 0 Å². The van der Waals surface area contributed by atoms with Crippen molar-refractivity contribution in [3.05, 3.63) is 126 Å². The van der Waals surface area contributed by atoms with E-state index >= 15 is 0 Å². The highest BCUT2D eigenvalue weighted by Gasteiger charge is 2.24. The Bertz CT molecular complexity index is 2220. The summed E-state index contributed by atoms with van der Waals surface area (Å²) in [7, 11) is 2.17. The molecular formula is C38H32N3+. The minimum Gasteiger partial charge on any atom is -0.319 e. The van der Waals surface area contributed by atoms with E-state index in [1.165, 1.54) is 38.5 Å². The maximum Gasteiger partial charge on any atom is 0.214 e. The number of nitrogens with zero attached hydrogens (tertiary/aromatic N) is 3. The number of pyridine rings is 1. The highest BCUT2D eigenvalue weighted by atomic mass is 15.0. The topological polar surface area (TPSA) is 13.2 Å². The first-order valence-electron chi connectivity index (χ1n) is 14.1. The monoisotopic (exact) mass is 530 g/mol. The first-order valence-corrected chi connectivity index (χ1v) is 14.1. The number of fused-ring (bicyclic) bond motifs is 5. The van der Waals surface area contributed by atoms with Crippen molar-refractivity contribution in [2.75, 3.05) is 0 Å². The summed E-state index contributed by atoms with van der Waals surface area (Å²) in [5.74, 6) is 0. The van der Waals surface area contributed by atoms with Crippen LogP contribution < -0.4 is 4.57 Å². The van der Waals surface area contributed by atoms with E-state index in [-0.39, 0.29) is 5.41 Å². The lowest BCUT2D eigenvalue weighted by Gasteiger charge is -2.24. The zero-order valence-electron chi connectivity index (χ0n) is 24.2. The molecule has 0 fully saturated rings. The van der Waals surface area contributed by atoms with E-state index < -0.39 is 0 Å². The van der Waals surface area contributed by atoms with Crippen molar-refractivity contribution in [1.29, 1.82) is 0 Å². The zero-order chi connectivity index (χ0) is 28.5. The molecule has 0 atom stereocenters. The molecule has 0 N–H and O–H groups in total. The predicted octanol–water partition coefficient (Wildman–Crippen LogP) is 9.74. The van der Waals surface area contributed by atoms with Gasteiger partial charge in [0.25, 0.3) is 0 Å². The third kappa shape index (κ3) is 3.75. The number of para-hydroxylation sites is 2. The maximum atomic E-state index is 7.89. The Labute approximate surface area is 240 Å². The van der Waals surface area contributed by atoms with Crippen LogP contribution in [-0.4, -0.2) is 4.57 Å². The molecule has 0 spiro atoms. The second kappa shape index (κ2) is 9.04. The average Bonchev–Trinajstić information content (AvgIpc) is 3.32. The molecule has 7 rings (SSSR count). The third-order valence-electron chi connectivity index (χ3n) is 8.61. The lowest BCUT2D eigenvalue weighted by atomic mass is 9.80. The van der Waals surface area contributed by atoms with Gasteiger partial charge in [0.2, 0.25) is 16.9 Å². The Morgan fingerprint density at radius 3 is 2.17 bits per heavy atom. The van der Waals surface area contributed by atoms with Gasteiger partial charge in [0, 0.05) is 28.5 Å². The molecule has 0 saturated heterocycles. The van der Waals surface area contributed by atoms with Crippen molar-refractivity contribution in [1.82, 2.24) is 4.57 Å². The van der Waals surface area contributed by atoms with Crippen LogP contribution in [-0.2, 0) is 12.5 Å². The van der Waals surface area contributed by atoms with Crippen LogP contribution in [0.3, 0.4) is 0 Å². The van der Waals surface area contributed by atoms with Crippen molar-refractivity contribution >= 4 is 49.2 Å². The van der Waals surface area contributed by atoms with Crippen LogP contribution in [0.15, 0.2) is 103 Å². The molecule has 198 valence electrons. The van der Waals surface area contributed by atoms with Crippen molar-refractivity contribution < 1.29 is 4.57 Å². The Kier molecular flexibility index (Phi) is 5.53. The summed E-state index contributed by atoms with van der Waals surface area (Å²) in [6.07, 6.45) is 0. The Hall–Kier alpha value is -4.94. The van der Waals surface area contributed by atoms with Gasteiger partial charge in [-0.25, -0.2) is 4.85 Å². The lowest BCUT2D eigenvalue weighted by Crippen LogP contribution is -2.32. The minimum atomic E-state index is 0.0157. The van der Waals surface area contributed by atoms with Gasteiger partial charge < -0.3 is 4.57 Å². The van der Waals surface area contributed by atoms with Crippen molar-refractivity contribution in [2.24, 2.45) is 7.05 Å². The Morgan fingerprint density at radius 1 is 0.732 bits per heavy atom. The third-order valence-corrected chi connectivity index (χ3v) is 8.61. The van der Waals surface area contributed by atoms with Crippen LogP contribution in [0.25, 0.3) is 65.3 Å². The fraction of sp³-hybridized carbons (Fsp3) is 0.158. The summed E-state index contributed by atoms with van der Waals surface area (Å²) in [5.41, 5.74) is 10.1. The number of rotatable bonds is 2. The van der Waals surface area contributed by atoms with Gasteiger partial charge in [-0.3, -0.25) is 0 Å². The highest BCUT2D eigenvalue weighted by molar-refractivity contribution is 6.13. The fourth-order valence-corrected chi connectivity index (χ4v) is 6.55. The molecule has 0 amide bonds. The van der Waals surface area contributed by atoms with E-state index in [0.717, 1.165) is 33.0 Å². The van der Waals surface area contributed by atoms with Gasteiger partial charge in [0.15, 0.2) is 0 Å². The highest BCUT2D eigenvalue weighted by Crippen LogP contribution is 2.39. The first-order chi connectivity index (χ1) is 19.8. The van der Waals surface area contributed by atoms with Crippen LogP contribution in [0.2, 0.25) is 0 Å². The molecule has 5 aromatic carbocycles. The normalized spacial score (nSPS) is 12.0. The number of benzene rings is 5. The van der Waals surface area contributed by atoms with Crippen LogP contribution in [0.1, 0.15) is 31.9 Å². The molecule has 2 heterocycles. The molecule has 0 aliphatic carbocycles. The van der Waals surface area contributed by atoms with E-state index in [1.54, 1.807) is 0 Å². The van der Waals surface area contributed by atoms with Gasteiger partial charge in [-0.1, -0.05) is 81.4 Å². The van der Waals surface area contributed by atoms with Gasteiger partial charge in [-0.2, -0.15) is 4.57 Å². The molecule has 0 radical (unpaired) electrons. The van der Waals surface area contributed by atoms with E-state index in [2.05, 4.69) is 140 Å². The number of aromatic nitrogens is 2. The summed E-state index contributed by atoms with van der Waals surface area (Å²) in [6, 6.07) is 36.8. The fourth-order valence-electron chi connectivity index (χ4n) is 6.55. The van der Waals surface area contributed by atoms with Gasteiger partial charge in [-0.15, -0.1) is 0 Å². The largest absolute Gasteiger partial charge is 0.319 e. The van der Waals surface area contributed by atoms with E-state index in [1.807, 2.05) is 12.1 Å². The van der Waals surface area contributed by atoms with Gasteiger partial charge in [0.1, 0.15) is 7.05 Å². The molecule has 0 bridgehead atoms.